The van der Waals surface area contributed by atoms with Crippen LogP contribution in [0.5, 0.6) is 0 Å². The number of benzene rings is 2. The van der Waals surface area contributed by atoms with Gasteiger partial charge in [-0.1, -0.05) is 38.1 Å². The van der Waals surface area contributed by atoms with Crippen LogP contribution in [0, 0.1) is 5.92 Å². The number of aliphatic imine (C=N–C) groups is 1. The number of hydrogen-bond donors (Lipinski definition) is 3. The maximum absolute atomic E-state index is 12.6. The molecule has 164 valence electrons. The van der Waals surface area contributed by atoms with Gasteiger partial charge in [-0.15, -0.1) is 24.0 Å². The second-order valence-corrected chi connectivity index (χ2v) is 6.81. The average molecular weight is 534 g/mol. The molecule has 0 atom stereocenters. The van der Waals surface area contributed by atoms with Crippen molar-refractivity contribution in [1.29, 1.82) is 0 Å². The summed E-state index contributed by atoms with van der Waals surface area (Å²) in [5.41, 5.74) is 1.77. The van der Waals surface area contributed by atoms with Crippen LogP contribution in [-0.2, 0) is 24.1 Å². The third-order valence-corrected chi connectivity index (χ3v) is 4.17. The van der Waals surface area contributed by atoms with Gasteiger partial charge in [-0.25, -0.2) is 0 Å². The summed E-state index contributed by atoms with van der Waals surface area (Å²) in [5, 5.41) is 9.04. The van der Waals surface area contributed by atoms with Crippen LogP contribution in [0.15, 0.2) is 53.5 Å². The molecule has 0 fully saturated rings. The van der Waals surface area contributed by atoms with Gasteiger partial charge in [-0.2, -0.15) is 13.2 Å². The number of carbonyl (C=O) groups excluding carboxylic acids is 1. The zero-order chi connectivity index (χ0) is 21.4. The predicted molar refractivity (Wildman–Crippen MR) is 124 cm³/mol. The summed E-state index contributed by atoms with van der Waals surface area (Å²) < 4.78 is 37.8. The van der Waals surface area contributed by atoms with E-state index in [4.69, 9.17) is 0 Å². The molecule has 0 spiro atoms. The molecule has 0 heterocycles. The van der Waals surface area contributed by atoms with E-state index >= 15 is 0 Å². The molecule has 0 aliphatic carbocycles. The van der Waals surface area contributed by atoms with E-state index in [0.29, 0.717) is 24.6 Å². The maximum atomic E-state index is 12.6. The number of carbonyl (C=O) groups is 1. The Morgan fingerprint density at radius 3 is 1.80 bits per heavy atom. The van der Waals surface area contributed by atoms with E-state index in [1.165, 1.54) is 12.1 Å². The highest BCUT2D eigenvalue weighted by Crippen LogP contribution is 2.29. The summed E-state index contributed by atoms with van der Waals surface area (Å²) in [5.74, 6) is 0.404. The first-order valence-corrected chi connectivity index (χ1v) is 9.19. The molecule has 2 aromatic rings. The van der Waals surface area contributed by atoms with E-state index in [1.807, 2.05) is 38.1 Å². The number of hydrogen-bond acceptors (Lipinski definition) is 2. The van der Waals surface area contributed by atoms with Gasteiger partial charge in [0.2, 0.25) is 5.91 Å². The highest BCUT2D eigenvalue weighted by molar-refractivity contribution is 14.0. The Morgan fingerprint density at radius 1 is 0.933 bits per heavy atom. The molecule has 2 rings (SSSR count). The highest BCUT2D eigenvalue weighted by atomic mass is 127. The van der Waals surface area contributed by atoms with Gasteiger partial charge in [-0.3, -0.25) is 9.79 Å². The zero-order valence-electron chi connectivity index (χ0n) is 17.0. The lowest BCUT2D eigenvalue weighted by molar-refractivity contribution is -0.137. The van der Waals surface area contributed by atoms with Crippen LogP contribution in [0.2, 0.25) is 0 Å². The van der Waals surface area contributed by atoms with Crippen LogP contribution in [0.1, 0.15) is 30.5 Å². The lowest BCUT2D eigenvalue weighted by Gasteiger charge is -2.13. The van der Waals surface area contributed by atoms with Crippen LogP contribution >= 0.6 is 24.0 Å². The van der Waals surface area contributed by atoms with Gasteiger partial charge < -0.3 is 16.0 Å². The number of anilines is 1. The zero-order valence-corrected chi connectivity index (χ0v) is 19.3. The molecule has 0 aliphatic rings. The van der Waals surface area contributed by atoms with Crippen molar-refractivity contribution >= 4 is 41.5 Å². The molecule has 0 saturated heterocycles. The van der Waals surface area contributed by atoms with Crippen molar-refractivity contribution < 1.29 is 18.0 Å². The smallest absolute Gasteiger partial charge is 0.352 e. The molecule has 0 radical (unpaired) electrons. The Hall–Kier alpha value is -2.30. The van der Waals surface area contributed by atoms with Crippen LogP contribution in [0.4, 0.5) is 18.9 Å². The van der Waals surface area contributed by atoms with Gasteiger partial charge in [-0.05, 0) is 35.4 Å². The lowest BCUT2D eigenvalue weighted by atomic mass is 10.1. The van der Waals surface area contributed by atoms with Crippen molar-refractivity contribution in [2.24, 2.45) is 10.9 Å². The van der Waals surface area contributed by atoms with Gasteiger partial charge in [0.15, 0.2) is 5.96 Å². The molecule has 9 heteroatoms. The van der Waals surface area contributed by atoms with Gasteiger partial charge in [0, 0.05) is 31.7 Å². The summed E-state index contributed by atoms with van der Waals surface area (Å²) >= 11 is 0. The first-order chi connectivity index (χ1) is 13.7. The van der Waals surface area contributed by atoms with Crippen molar-refractivity contribution in [2.45, 2.75) is 33.1 Å². The first kappa shape index (κ1) is 25.7. The minimum atomic E-state index is -4.34. The molecule has 2 aromatic carbocycles. The Morgan fingerprint density at radius 2 is 1.40 bits per heavy atom. The quantitative estimate of drug-likeness (QED) is 0.284. The summed E-state index contributed by atoms with van der Waals surface area (Å²) in [6.07, 6.45) is -4.34. The molecule has 0 unspecified atom stereocenters. The van der Waals surface area contributed by atoms with E-state index in [2.05, 4.69) is 20.9 Å². The molecule has 0 aliphatic heterocycles. The highest BCUT2D eigenvalue weighted by Gasteiger charge is 2.29. The van der Waals surface area contributed by atoms with Crippen LogP contribution in [-0.4, -0.2) is 18.9 Å². The normalized spacial score (nSPS) is 11.6. The fraction of sp³-hybridized carbons (Fsp3) is 0.333. The predicted octanol–water partition coefficient (Wildman–Crippen LogP) is 4.78. The SMILES string of the molecule is CN=C(NCc1ccc(NC(=O)C(C)C)cc1)NCc1ccc(C(F)(F)F)cc1.I. The lowest BCUT2D eigenvalue weighted by Crippen LogP contribution is -2.36. The molecule has 5 nitrogen and oxygen atoms in total. The third-order valence-electron chi connectivity index (χ3n) is 4.17. The van der Waals surface area contributed by atoms with E-state index < -0.39 is 11.7 Å². The second-order valence-electron chi connectivity index (χ2n) is 6.81. The fourth-order valence-corrected chi connectivity index (χ4v) is 2.40. The summed E-state index contributed by atoms with van der Waals surface area (Å²) in [6, 6.07) is 12.4. The number of nitrogens with one attached hydrogen (secondary N) is 3. The first-order valence-electron chi connectivity index (χ1n) is 9.19. The summed E-state index contributed by atoms with van der Waals surface area (Å²) in [6.45, 7) is 4.51. The summed E-state index contributed by atoms with van der Waals surface area (Å²) in [4.78, 5) is 15.8. The van der Waals surface area contributed by atoms with Gasteiger partial charge in [0.25, 0.3) is 0 Å². The molecule has 0 saturated carbocycles. The molecule has 1 amide bonds. The van der Waals surface area contributed by atoms with Crippen molar-refractivity contribution in [1.82, 2.24) is 10.6 Å². The number of guanidine groups is 1. The Labute approximate surface area is 191 Å². The van der Waals surface area contributed by atoms with Gasteiger partial charge in [0.1, 0.15) is 0 Å². The molecule has 0 bridgehead atoms. The number of halogens is 4. The number of alkyl halides is 3. The fourth-order valence-electron chi connectivity index (χ4n) is 2.40. The maximum Gasteiger partial charge on any atom is 0.416 e. The van der Waals surface area contributed by atoms with E-state index in [9.17, 15) is 18.0 Å². The largest absolute Gasteiger partial charge is 0.416 e. The Balaban J connectivity index is 0.00000450. The molecule has 0 aromatic heterocycles. The minimum Gasteiger partial charge on any atom is -0.352 e. The Kier molecular flexibility index (Phi) is 10.1. The molecule has 30 heavy (non-hydrogen) atoms. The molecule has 3 N–H and O–H groups in total. The molecular weight excluding hydrogens is 508 g/mol. The monoisotopic (exact) mass is 534 g/mol. The third kappa shape index (κ3) is 8.21. The topological polar surface area (TPSA) is 65.5 Å². The van der Waals surface area contributed by atoms with Crippen molar-refractivity contribution in [3.05, 3.63) is 65.2 Å². The van der Waals surface area contributed by atoms with Gasteiger partial charge >= 0.3 is 6.18 Å². The summed E-state index contributed by atoms with van der Waals surface area (Å²) in [7, 11) is 1.62. The second kappa shape index (κ2) is 11.8. The van der Waals surface area contributed by atoms with Crippen molar-refractivity contribution in [3.63, 3.8) is 0 Å². The van der Waals surface area contributed by atoms with Crippen molar-refractivity contribution in [2.75, 3.05) is 12.4 Å². The van der Waals surface area contributed by atoms with Crippen LogP contribution < -0.4 is 16.0 Å². The molecular formula is C21H26F3IN4O. The van der Waals surface area contributed by atoms with E-state index in [-0.39, 0.29) is 35.8 Å². The number of nitrogens with zero attached hydrogens (tertiary/aromatic N) is 1. The number of amides is 1. The Bertz CT molecular complexity index is 835. The van der Waals surface area contributed by atoms with Gasteiger partial charge in [0.05, 0.1) is 5.56 Å². The minimum absolute atomic E-state index is 0. The number of rotatable bonds is 6. The van der Waals surface area contributed by atoms with E-state index in [1.54, 1.807) is 7.05 Å². The van der Waals surface area contributed by atoms with Crippen molar-refractivity contribution in [3.8, 4) is 0 Å². The van der Waals surface area contributed by atoms with Crippen LogP contribution in [0.25, 0.3) is 0 Å². The van der Waals surface area contributed by atoms with E-state index in [0.717, 1.165) is 23.4 Å². The average Bonchev–Trinajstić information content (AvgIpc) is 2.69. The van der Waals surface area contributed by atoms with Crippen LogP contribution in [0.3, 0.4) is 0 Å². The standard InChI is InChI=1S/C21H25F3N4O.HI/c1-14(2)19(29)28-18-10-6-16(7-11-18)13-27-20(25-3)26-12-15-4-8-17(9-5-15)21(22,23)24;/h4-11,14H,12-13H2,1-3H3,(H,28,29)(H2,25,26,27);1H.